The van der Waals surface area contributed by atoms with Gasteiger partial charge in [-0.15, -0.1) is 23.2 Å². The molecule has 0 aromatic rings. The third-order valence-electron chi connectivity index (χ3n) is 0. The highest BCUT2D eigenvalue weighted by Crippen LogP contribution is 1.34. The molecular formula is C4H13Cl2F. The Bertz CT molecular complexity index is 14.0. The number of halogens is 3. The standard InChI is InChI=1S/2CH3Cl.CH3F.CH4/c3*1-2;/h3*1H3;1H4/i;;1D;. The predicted molar refractivity (Wildman–Crippen MR) is 37.3 cm³/mol. The summed E-state index contributed by atoms with van der Waals surface area (Å²) in [7, 11) is -1.00. The van der Waals surface area contributed by atoms with Crippen molar-refractivity contribution in [3.8, 4) is 0 Å². The van der Waals surface area contributed by atoms with Gasteiger partial charge in [-0.2, -0.15) is 0 Å². The van der Waals surface area contributed by atoms with Crippen LogP contribution in [0.3, 0.4) is 0 Å². The van der Waals surface area contributed by atoms with Crippen LogP contribution in [0.5, 0.6) is 0 Å². The smallest absolute Gasteiger partial charge is 0.0785 e. The van der Waals surface area contributed by atoms with Crippen molar-refractivity contribution < 1.29 is 5.76 Å². The van der Waals surface area contributed by atoms with Crippen molar-refractivity contribution in [2.24, 2.45) is 0 Å². The first-order valence-electron chi connectivity index (χ1n) is 1.73. The maximum Gasteiger partial charge on any atom is 0.0785 e. The highest BCUT2D eigenvalue weighted by atomic mass is 35.5. The van der Waals surface area contributed by atoms with E-state index < -0.39 is 7.15 Å². The fraction of sp³-hybridized carbons (Fsp3) is 1.00. The van der Waals surface area contributed by atoms with E-state index in [4.69, 9.17) is 1.37 Å². The fourth-order valence-corrected chi connectivity index (χ4v) is 0. The van der Waals surface area contributed by atoms with E-state index in [0.717, 1.165) is 0 Å². The molecule has 0 aliphatic rings. The quantitative estimate of drug-likeness (QED) is 0.468. The van der Waals surface area contributed by atoms with Gasteiger partial charge in [0, 0.05) is 12.8 Å². The molecule has 0 atom stereocenters. The van der Waals surface area contributed by atoms with Crippen molar-refractivity contribution >= 4 is 23.2 Å². The van der Waals surface area contributed by atoms with Crippen LogP contribution < -0.4 is 0 Å². The monoisotopic (exact) mass is 151 g/mol. The van der Waals surface area contributed by atoms with E-state index in [1.807, 2.05) is 0 Å². The normalized spacial score (nSPS) is 4.43. The first kappa shape index (κ1) is 15.6. The fourth-order valence-electron chi connectivity index (χ4n) is 0. The van der Waals surface area contributed by atoms with E-state index in [1.165, 1.54) is 12.8 Å². The molecular weight excluding hydrogens is 138 g/mol. The van der Waals surface area contributed by atoms with Gasteiger partial charge in [-0.3, -0.25) is 4.39 Å². The Kier molecular flexibility index (Phi) is 1700. The van der Waals surface area contributed by atoms with Gasteiger partial charge in [-0.1, -0.05) is 7.43 Å². The molecule has 0 amide bonds. The average molecular weight is 152 g/mol. The van der Waals surface area contributed by atoms with Gasteiger partial charge in [-0.25, -0.2) is 0 Å². The van der Waals surface area contributed by atoms with Crippen LogP contribution in [0.15, 0.2) is 0 Å². The molecule has 0 unspecified atom stereocenters. The van der Waals surface area contributed by atoms with E-state index in [2.05, 4.69) is 23.2 Å². The Balaban J connectivity index is -0.0000000147. The van der Waals surface area contributed by atoms with Crippen molar-refractivity contribution in [1.29, 1.82) is 0 Å². The third kappa shape index (κ3) is 509. The van der Waals surface area contributed by atoms with Gasteiger partial charge in [0.25, 0.3) is 0 Å². The second-order valence-electron chi connectivity index (χ2n) is 0. The summed E-state index contributed by atoms with van der Waals surface area (Å²) in [5.41, 5.74) is 0. The average Bonchev–Trinajstić information content (AvgIpc) is 1.78. The summed E-state index contributed by atoms with van der Waals surface area (Å²) in [5, 5.41) is 0. The molecule has 0 saturated heterocycles. The molecule has 7 heavy (non-hydrogen) atoms. The predicted octanol–water partition coefficient (Wildman–Crippen LogP) is 2.93. The first-order chi connectivity index (χ1) is 3.41. The van der Waals surface area contributed by atoms with Crippen LogP contribution in [-0.4, -0.2) is 19.9 Å². The summed E-state index contributed by atoms with van der Waals surface area (Å²) < 4.78 is 15.5. The Morgan fingerprint density at radius 2 is 1.29 bits per heavy atom. The minimum atomic E-state index is -1.00. The molecule has 0 spiro atoms. The lowest BCUT2D eigenvalue weighted by Gasteiger charge is -1.10. The van der Waals surface area contributed by atoms with Gasteiger partial charge in [-0.05, 0) is 0 Å². The zero-order valence-corrected chi connectivity index (χ0v) is 5.35. The van der Waals surface area contributed by atoms with Gasteiger partial charge in [0.2, 0.25) is 0 Å². The van der Waals surface area contributed by atoms with Crippen molar-refractivity contribution in [2.75, 3.05) is 19.9 Å². The van der Waals surface area contributed by atoms with E-state index in [0.29, 0.717) is 0 Å². The van der Waals surface area contributed by atoms with E-state index in [1.54, 1.807) is 0 Å². The molecule has 0 radical (unpaired) electrons. The number of alkyl halides is 3. The Hall–Kier alpha value is 0.510. The van der Waals surface area contributed by atoms with Gasteiger partial charge in [0.05, 0.1) is 8.52 Å². The van der Waals surface area contributed by atoms with Crippen LogP contribution >= 0.6 is 23.2 Å². The lowest BCUT2D eigenvalue weighted by Crippen LogP contribution is -0.939. The second-order valence-corrected chi connectivity index (χ2v) is 0. The van der Waals surface area contributed by atoms with Crippen molar-refractivity contribution in [2.45, 2.75) is 7.43 Å². The van der Waals surface area contributed by atoms with Crippen LogP contribution in [-0.2, 0) is 0 Å². The number of hydrogen-bond acceptors (Lipinski definition) is 0. The number of rotatable bonds is 0. The summed E-state index contributed by atoms with van der Waals surface area (Å²) in [6, 6.07) is 0. The van der Waals surface area contributed by atoms with Gasteiger partial charge < -0.3 is 0 Å². The maximum absolute atomic E-state index is 9.96. The van der Waals surface area contributed by atoms with E-state index >= 15 is 0 Å². The second kappa shape index (κ2) is 760. The Morgan fingerprint density at radius 3 is 1.29 bits per heavy atom. The topological polar surface area (TPSA) is 0 Å². The molecule has 0 aromatic carbocycles. The van der Waals surface area contributed by atoms with Crippen LogP contribution in [0.1, 0.15) is 8.80 Å². The summed E-state index contributed by atoms with van der Waals surface area (Å²) in [5.74, 6) is 0. The summed E-state index contributed by atoms with van der Waals surface area (Å²) in [4.78, 5) is 0. The zero-order valence-electron chi connectivity index (χ0n) is 4.84. The maximum atomic E-state index is 9.96. The van der Waals surface area contributed by atoms with Crippen molar-refractivity contribution in [3.05, 3.63) is 0 Å². The lowest BCUT2D eigenvalue weighted by atomic mass is 11.9. The molecule has 0 aliphatic carbocycles. The molecule has 0 rings (SSSR count). The molecule has 0 aliphatic heterocycles. The summed E-state index contributed by atoms with van der Waals surface area (Å²) in [6.45, 7) is 0. The van der Waals surface area contributed by atoms with Crippen LogP contribution in [0.25, 0.3) is 0 Å². The first-order valence-corrected chi connectivity index (χ1v) is 2.54. The molecule has 50 valence electrons. The minimum Gasteiger partial charge on any atom is -0.255 e. The summed E-state index contributed by atoms with van der Waals surface area (Å²) >= 11 is 9.28. The zero-order chi connectivity index (χ0) is 6.71. The van der Waals surface area contributed by atoms with Crippen molar-refractivity contribution in [1.82, 2.24) is 0 Å². The molecule has 0 nitrogen and oxygen atoms in total. The van der Waals surface area contributed by atoms with Crippen molar-refractivity contribution in [3.63, 3.8) is 0 Å². The van der Waals surface area contributed by atoms with Gasteiger partial charge in [0.15, 0.2) is 0 Å². The molecule has 0 aromatic heterocycles. The van der Waals surface area contributed by atoms with E-state index in [-0.39, 0.29) is 7.43 Å². The number of hydrogen-bond donors (Lipinski definition) is 0. The van der Waals surface area contributed by atoms with Crippen LogP contribution in [0.4, 0.5) is 4.39 Å². The molecule has 0 N–H and O–H groups in total. The third-order valence-corrected chi connectivity index (χ3v) is 0. The van der Waals surface area contributed by atoms with Crippen LogP contribution in [0.2, 0.25) is 0 Å². The molecule has 0 bridgehead atoms. The Labute approximate surface area is 57.0 Å². The molecule has 0 saturated carbocycles. The van der Waals surface area contributed by atoms with Gasteiger partial charge >= 0.3 is 0 Å². The highest BCUT2D eigenvalue weighted by Gasteiger charge is 0.945. The molecule has 0 heterocycles. The van der Waals surface area contributed by atoms with Gasteiger partial charge in [0.1, 0.15) is 0 Å². The highest BCUT2D eigenvalue weighted by molar-refractivity contribution is 6.15. The minimum absolute atomic E-state index is 0. The molecule has 0 fully saturated rings. The van der Waals surface area contributed by atoms with Crippen LogP contribution in [0, 0.1) is 0 Å². The van der Waals surface area contributed by atoms with E-state index in [9.17, 15) is 4.39 Å². The largest absolute Gasteiger partial charge is 0.255 e. The lowest BCUT2D eigenvalue weighted by molar-refractivity contribution is 0.636. The summed E-state index contributed by atoms with van der Waals surface area (Å²) in [6.07, 6.45) is 2.94. The SMILES string of the molecule is C.CCl.CCl.[2H]CF. The molecule has 3 heteroatoms. The Morgan fingerprint density at radius 1 is 1.29 bits per heavy atom.